The van der Waals surface area contributed by atoms with Gasteiger partial charge in [0, 0.05) is 25.1 Å². The van der Waals surface area contributed by atoms with Gasteiger partial charge >= 0.3 is 0 Å². The predicted molar refractivity (Wildman–Crippen MR) is 121 cm³/mol. The van der Waals surface area contributed by atoms with Gasteiger partial charge in [-0.1, -0.05) is 45.0 Å². The molecule has 0 radical (unpaired) electrons. The van der Waals surface area contributed by atoms with Gasteiger partial charge in [-0.2, -0.15) is 0 Å². The normalized spacial score (nSPS) is 42.8. The van der Waals surface area contributed by atoms with Gasteiger partial charge < -0.3 is 9.64 Å². The van der Waals surface area contributed by atoms with E-state index in [0.717, 1.165) is 36.8 Å². The highest BCUT2D eigenvalue weighted by atomic mass is 16.5. The van der Waals surface area contributed by atoms with Crippen LogP contribution in [0.1, 0.15) is 64.9 Å². The van der Waals surface area contributed by atoms with Crippen molar-refractivity contribution in [2.45, 2.75) is 65.3 Å². The van der Waals surface area contributed by atoms with Crippen molar-refractivity contribution in [1.82, 2.24) is 4.90 Å². The molecule has 2 saturated carbocycles. The van der Waals surface area contributed by atoms with E-state index in [0.29, 0.717) is 23.8 Å². The van der Waals surface area contributed by atoms with Crippen LogP contribution in [0.25, 0.3) is 5.57 Å². The standard InChI is InChI=1S/C27H37NO2/c1-17-16-23-27(3,15-13-24(29)28(23)4)21-12-14-26(2)19(10-11-20(26)25(17)21)18-8-6-7-9-22(18)30-5/h6-10,17,20-21,23,25H,11-16H2,1-5H3/t17?,20-,21+,23?,25-,26+,27+/m0/s1. The quantitative estimate of drug-likeness (QED) is 0.620. The van der Waals surface area contributed by atoms with Crippen LogP contribution < -0.4 is 4.74 Å². The minimum atomic E-state index is 0.226. The fourth-order valence-electron chi connectivity index (χ4n) is 8.32. The summed E-state index contributed by atoms with van der Waals surface area (Å²) < 4.78 is 5.74. The van der Waals surface area contributed by atoms with Gasteiger partial charge in [-0.05, 0) is 78.2 Å². The number of carbonyl (C=O) groups excluding carboxylic acids is 1. The lowest BCUT2D eigenvalue weighted by Crippen LogP contribution is -2.63. The van der Waals surface area contributed by atoms with Crippen LogP contribution >= 0.6 is 0 Å². The third-order valence-electron chi connectivity index (χ3n) is 9.91. The van der Waals surface area contributed by atoms with Crippen molar-refractivity contribution in [1.29, 1.82) is 0 Å². The van der Waals surface area contributed by atoms with Gasteiger partial charge in [0.05, 0.1) is 7.11 Å². The van der Waals surface area contributed by atoms with Crippen molar-refractivity contribution in [2.75, 3.05) is 14.2 Å². The zero-order valence-corrected chi connectivity index (χ0v) is 19.3. The number of fused-ring (bicyclic) bond motifs is 5. The molecule has 5 rings (SSSR count). The van der Waals surface area contributed by atoms with Crippen LogP contribution in [-0.4, -0.2) is 31.0 Å². The lowest BCUT2D eigenvalue weighted by atomic mass is 9.44. The molecule has 3 heteroatoms. The van der Waals surface area contributed by atoms with Gasteiger partial charge in [-0.3, -0.25) is 4.79 Å². The van der Waals surface area contributed by atoms with Crippen molar-refractivity contribution in [2.24, 2.45) is 34.5 Å². The molecule has 2 unspecified atom stereocenters. The van der Waals surface area contributed by atoms with E-state index in [1.807, 2.05) is 0 Å². The molecule has 162 valence electrons. The number of nitrogens with zero attached hydrogens (tertiary/aromatic N) is 1. The summed E-state index contributed by atoms with van der Waals surface area (Å²) in [5, 5.41) is 0. The third kappa shape index (κ3) is 2.59. The Morgan fingerprint density at radius 1 is 1.13 bits per heavy atom. The second-order valence-corrected chi connectivity index (χ2v) is 11.0. The molecule has 0 spiro atoms. The highest BCUT2D eigenvalue weighted by molar-refractivity contribution is 5.78. The van der Waals surface area contributed by atoms with Crippen LogP contribution in [0.4, 0.5) is 0 Å². The topological polar surface area (TPSA) is 29.5 Å². The number of methoxy groups -OCH3 is 1. The average Bonchev–Trinajstić information content (AvgIpc) is 3.09. The molecule has 0 N–H and O–H groups in total. The van der Waals surface area contributed by atoms with Crippen LogP contribution in [0.3, 0.4) is 0 Å². The van der Waals surface area contributed by atoms with Gasteiger partial charge in [-0.25, -0.2) is 0 Å². The van der Waals surface area contributed by atoms with Gasteiger partial charge in [0.25, 0.3) is 0 Å². The maximum atomic E-state index is 12.5. The van der Waals surface area contributed by atoms with Crippen molar-refractivity contribution in [3.05, 3.63) is 35.9 Å². The van der Waals surface area contributed by atoms with E-state index in [2.05, 4.69) is 63.1 Å². The van der Waals surface area contributed by atoms with Crippen LogP contribution in [0.2, 0.25) is 0 Å². The number of para-hydroxylation sites is 1. The number of carbonyl (C=O) groups is 1. The Kier molecular flexibility index (Phi) is 4.61. The summed E-state index contributed by atoms with van der Waals surface area (Å²) in [6.45, 7) is 7.50. The monoisotopic (exact) mass is 407 g/mol. The largest absolute Gasteiger partial charge is 0.496 e. The SMILES string of the molecule is COc1ccccc1C1=CC[C@H]2[C@@H]3C(C)CC4N(C)C(=O)CC[C@]4(C)[C@@H]3CC[C@]12C. The second kappa shape index (κ2) is 6.87. The lowest BCUT2D eigenvalue weighted by molar-refractivity contribution is -0.162. The number of allylic oxidation sites excluding steroid dienone is 2. The molecule has 3 nitrogen and oxygen atoms in total. The molecule has 0 aromatic heterocycles. The number of ether oxygens (including phenoxy) is 1. The molecule has 7 atom stereocenters. The predicted octanol–water partition coefficient (Wildman–Crippen LogP) is 5.80. The van der Waals surface area contributed by atoms with Gasteiger partial charge in [-0.15, -0.1) is 0 Å². The molecule has 0 bridgehead atoms. The number of amides is 1. The highest BCUT2D eigenvalue weighted by Crippen LogP contribution is 2.67. The molecule has 4 aliphatic rings. The molecule has 1 aromatic rings. The van der Waals surface area contributed by atoms with E-state index in [-0.39, 0.29) is 10.8 Å². The van der Waals surface area contributed by atoms with Gasteiger partial charge in [0.15, 0.2) is 0 Å². The van der Waals surface area contributed by atoms with E-state index < -0.39 is 0 Å². The summed E-state index contributed by atoms with van der Waals surface area (Å²) in [5.74, 6) is 4.19. The summed E-state index contributed by atoms with van der Waals surface area (Å²) >= 11 is 0. The van der Waals surface area contributed by atoms with Gasteiger partial charge in [0.1, 0.15) is 5.75 Å². The Morgan fingerprint density at radius 3 is 2.67 bits per heavy atom. The summed E-state index contributed by atoms with van der Waals surface area (Å²) in [4.78, 5) is 14.6. The van der Waals surface area contributed by atoms with Crippen molar-refractivity contribution in [3.63, 3.8) is 0 Å². The minimum absolute atomic E-state index is 0.226. The van der Waals surface area contributed by atoms with Crippen LogP contribution in [-0.2, 0) is 4.79 Å². The maximum absolute atomic E-state index is 12.5. The third-order valence-corrected chi connectivity index (χ3v) is 9.91. The Hall–Kier alpha value is -1.77. The molecule has 1 heterocycles. The van der Waals surface area contributed by atoms with Gasteiger partial charge in [0.2, 0.25) is 5.91 Å². The minimum Gasteiger partial charge on any atom is -0.496 e. The Morgan fingerprint density at radius 2 is 1.90 bits per heavy atom. The average molecular weight is 408 g/mol. The number of benzene rings is 1. The Labute approximate surface area is 181 Å². The number of hydrogen-bond donors (Lipinski definition) is 0. The van der Waals surface area contributed by atoms with E-state index in [9.17, 15) is 4.79 Å². The van der Waals surface area contributed by atoms with Crippen molar-refractivity contribution >= 4 is 11.5 Å². The molecule has 1 aromatic carbocycles. The first kappa shape index (κ1) is 20.2. The van der Waals surface area contributed by atoms with E-state index in [1.165, 1.54) is 30.4 Å². The summed E-state index contributed by atoms with van der Waals surface area (Å²) in [6, 6.07) is 8.97. The molecule has 1 amide bonds. The second-order valence-electron chi connectivity index (χ2n) is 11.0. The summed E-state index contributed by atoms with van der Waals surface area (Å²) in [6.07, 6.45) is 9.21. The molecular formula is C27H37NO2. The molecule has 1 saturated heterocycles. The lowest BCUT2D eigenvalue weighted by Gasteiger charge is -2.63. The van der Waals surface area contributed by atoms with E-state index in [4.69, 9.17) is 4.74 Å². The zero-order chi connectivity index (χ0) is 21.3. The van der Waals surface area contributed by atoms with E-state index in [1.54, 1.807) is 7.11 Å². The maximum Gasteiger partial charge on any atom is 0.222 e. The van der Waals surface area contributed by atoms with Crippen molar-refractivity contribution in [3.8, 4) is 5.75 Å². The fourth-order valence-corrected chi connectivity index (χ4v) is 8.32. The van der Waals surface area contributed by atoms with Crippen LogP contribution in [0.5, 0.6) is 5.75 Å². The van der Waals surface area contributed by atoms with Crippen LogP contribution in [0.15, 0.2) is 30.3 Å². The molecular weight excluding hydrogens is 370 g/mol. The first-order valence-corrected chi connectivity index (χ1v) is 11.9. The van der Waals surface area contributed by atoms with Crippen molar-refractivity contribution < 1.29 is 9.53 Å². The van der Waals surface area contributed by atoms with E-state index >= 15 is 0 Å². The first-order valence-electron chi connectivity index (χ1n) is 11.9. The molecule has 3 fully saturated rings. The Bertz CT molecular complexity index is 891. The zero-order valence-electron chi connectivity index (χ0n) is 19.3. The Balaban J connectivity index is 1.50. The molecule has 3 aliphatic carbocycles. The number of piperidine rings is 1. The first-order chi connectivity index (χ1) is 14.3. The molecule has 30 heavy (non-hydrogen) atoms. The fraction of sp³-hybridized carbons (Fsp3) is 0.667. The number of likely N-dealkylation sites (tertiary alicyclic amines) is 1. The van der Waals surface area contributed by atoms with Crippen LogP contribution in [0, 0.1) is 34.5 Å². The molecule has 1 aliphatic heterocycles. The number of rotatable bonds is 2. The number of hydrogen-bond acceptors (Lipinski definition) is 2. The summed E-state index contributed by atoms with van der Waals surface area (Å²) in [7, 11) is 3.84. The smallest absolute Gasteiger partial charge is 0.222 e. The highest BCUT2D eigenvalue weighted by Gasteiger charge is 2.61. The summed E-state index contributed by atoms with van der Waals surface area (Å²) in [5.41, 5.74) is 3.30.